The van der Waals surface area contributed by atoms with Gasteiger partial charge in [-0.05, 0) is 5.56 Å². The Bertz CT molecular complexity index is 454. The lowest BCUT2D eigenvalue weighted by atomic mass is 10.0. The third-order valence-electron chi connectivity index (χ3n) is 2.25. The number of alkyl halides is 2. The first-order valence-electron chi connectivity index (χ1n) is 4.50. The van der Waals surface area contributed by atoms with Gasteiger partial charge in [-0.3, -0.25) is 0 Å². The summed E-state index contributed by atoms with van der Waals surface area (Å²) in [6.45, 7) is -0.105. The molecule has 0 spiro atoms. The Morgan fingerprint density at radius 3 is 2.93 bits per heavy atom. The smallest absolute Gasteiger partial charge is 0.246 e. The summed E-state index contributed by atoms with van der Waals surface area (Å²) in [5, 5.41) is 3.92. The summed E-state index contributed by atoms with van der Waals surface area (Å²) in [7, 11) is 0. The van der Waals surface area contributed by atoms with Crippen LogP contribution in [0.5, 0.6) is 0 Å². The van der Waals surface area contributed by atoms with Crippen LogP contribution in [0.4, 0.5) is 8.78 Å². The SMILES string of the molecule is NCC(c1cnc2ccnn2c1)C(F)F. The molecule has 0 saturated carbocycles. The van der Waals surface area contributed by atoms with Crippen LogP contribution in [-0.2, 0) is 0 Å². The summed E-state index contributed by atoms with van der Waals surface area (Å²) >= 11 is 0. The van der Waals surface area contributed by atoms with E-state index in [1.54, 1.807) is 12.3 Å². The maximum Gasteiger partial charge on any atom is 0.246 e. The molecule has 0 aliphatic heterocycles. The highest BCUT2D eigenvalue weighted by Crippen LogP contribution is 2.21. The highest BCUT2D eigenvalue weighted by molar-refractivity contribution is 5.36. The maximum absolute atomic E-state index is 12.6. The zero-order chi connectivity index (χ0) is 10.8. The Morgan fingerprint density at radius 1 is 1.47 bits per heavy atom. The van der Waals surface area contributed by atoms with Crippen LogP contribution in [0.1, 0.15) is 11.5 Å². The number of nitrogens with two attached hydrogens (primary N) is 1. The molecule has 0 aliphatic carbocycles. The van der Waals surface area contributed by atoms with E-state index in [2.05, 4.69) is 10.1 Å². The summed E-state index contributed by atoms with van der Waals surface area (Å²) in [6.07, 6.45) is 2.03. The van der Waals surface area contributed by atoms with Crippen molar-refractivity contribution in [3.05, 3.63) is 30.2 Å². The molecule has 1 unspecified atom stereocenters. The van der Waals surface area contributed by atoms with Crippen LogP contribution in [0, 0.1) is 0 Å². The van der Waals surface area contributed by atoms with Gasteiger partial charge in [0.05, 0.1) is 12.1 Å². The van der Waals surface area contributed by atoms with E-state index in [9.17, 15) is 8.78 Å². The number of fused-ring (bicyclic) bond motifs is 1. The number of halogens is 2. The Kier molecular flexibility index (Phi) is 2.59. The predicted octanol–water partition coefficient (Wildman–Crippen LogP) is 1.04. The fourth-order valence-electron chi connectivity index (χ4n) is 1.40. The van der Waals surface area contributed by atoms with Gasteiger partial charge in [-0.15, -0.1) is 0 Å². The number of hydrogen-bond acceptors (Lipinski definition) is 3. The average molecular weight is 212 g/mol. The quantitative estimate of drug-likeness (QED) is 0.826. The van der Waals surface area contributed by atoms with E-state index in [1.165, 1.54) is 16.9 Å². The van der Waals surface area contributed by atoms with Gasteiger partial charge in [-0.2, -0.15) is 5.10 Å². The molecule has 2 rings (SSSR count). The van der Waals surface area contributed by atoms with Gasteiger partial charge in [0.15, 0.2) is 5.65 Å². The van der Waals surface area contributed by atoms with Gasteiger partial charge in [-0.25, -0.2) is 18.3 Å². The van der Waals surface area contributed by atoms with Gasteiger partial charge < -0.3 is 5.73 Å². The van der Waals surface area contributed by atoms with Crippen molar-refractivity contribution in [2.45, 2.75) is 12.3 Å². The molecule has 2 heterocycles. The highest BCUT2D eigenvalue weighted by atomic mass is 19.3. The first-order chi connectivity index (χ1) is 7.22. The average Bonchev–Trinajstić information content (AvgIpc) is 2.65. The molecule has 2 N–H and O–H groups in total. The Balaban J connectivity index is 2.41. The van der Waals surface area contributed by atoms with E-state index in [0.717, 1.165) is 0 Å². The molecule has 0 radical (unpaired) electrons. The lowest BCUT2D eigenvalue weighted by molar-refractivity contribution is 0.116. The molecule has 0 bridgehead atoms. The Morgan fingerprint density at radius 2 is 2.27 bits per heavy atom. The molecular weight excluding hydrogens is 202 g/mol. The highest BCUT2D eigenvalue weighted by Gasteiger charge is 2.21. The molecule has 0 fully saturated rings. The zero-order valence-electron chi connectivity index (χ0n) is 7.85. The van der Waals surface area contributed by atoms with Gasteiger partial charge in [-0.1, -0.05) is 0 Å². The largest absolute Gasteiger partial charge is 0.330 e. The van der Waals surface area contributed by atoms with Crippen molar-refractivity contribution in [1.82, 2.24) is 14.6 Å². The minimum atomic E-state index is -2.48. The number of nitrogens with zero attached hydrogens (tertiary/aromatic N) is 3. The molecule has 0 aliphatic rings. The second kappa shape index (κ2) is 3.90. The van der Waals surface area contributed by atoms with E-state index in [0.29, 0.717) is 11.2 Å². The van der Waals surface area contributed by atoms with Gasteiger partial charge in [0.1, 0.15) is 0 Å². The van der Waals surface area contributed by atoms with Crippen LogP contribution >= 0.6 is 0 Å². The van der Waals surface area contributed by atoms with Gasteiger partial charge in [0.2, 0.25) is 6.43 Å². The van der Waals surface area contributed by atoms with Crippen molar-refractivity contribution in [3.8, 4) is 0 Å². The topological polar surface area (TPSA) is 56.2 Å². The summed E-state index contributed by atoms with van der Waals surface area (Å²) in [6, 6.07) is 1.70. The molecular formula is C9H10F2N4. The van der Waals surface area contributed by atoms with Gasteiger partial charge in [0, 0.05) is 25.0 Å². The van der Waals surface area contributed by atoms with Crippen molar-refractivity contribution in [1.29, 1.82) is 0 Å². The molecule has 80 valence electrons. The summed E-state index contributed by atoms with van der Waals surface area (Å²) < 4.78 is 26.6. The Labute approximate surface area is 84.7 Å². The minimum absolute atomic E-state index is 0.105. The second-order valence-corrected chi connectivity index (χ2v) is 3.20. The number of hydrogen-bond donors (Lipinski definition) is 1. The molecule has 1 atom stereocenters. The predicted molar refractivity (Wildman–Crippen MR) is 50.8 cm³/mol. The Hall–Kier alpha value is -1.56. The van der Waals surface area contributed by atoms with Crippen LogP contribution in [0.15, 0.2) is 24.7 Å². The molecule has 2 aromatic heterocycles. The van der Waals surface area contributed by atoms with Crippen LogP contribution < -0.4 is 5.73 Å². The fourth-order valence-corrected chi connectivity index (χ4v) is 1.40. The summed E-state index contributed by atoms with van der Waals surface area (Å²) in [5.74, 6) is -0.980. The van der Waals surface area contributed by atoms with Crippen molar-refractivity contribution in [2.75, 3.05) is 6.54 Å². The van der Waals surface area contributed by atoms with Gasteiger partial charge in [0.25, 0.3) is 0 Å². The third kappa shape index (κ3) is 1.80. The molecule has 0 amide bonds. The molecule has 0 aromatic carbocycles. The van der Waals surface area contributed by atoms with Crippen molar-refractivity contribution >= 4 is 5.65 Å². The van der Waals surface area contributed by atoms with Gasteiger partial charge >= 0.3 is 0 Å². The first-order valence-corrected chi connectivity index (χ1v) is 4.50. The van der Waals surface area contributed by atoms with E-state index in [-0.39, 0.29) is 6.54 Å². The number of rotatable bonds is 3. The van der Waals surface area contributed by atoms with E-state index >= 15 is 0 Å². The molecule has 4 nitrogen and oxygen atoms in total. The standard InChI is InChI=1S/C9H10F2N4/c10-9(11)7(3-12)6-4-13-8-1-2-14-15(8)5-6/h1-2,4-5,7,9H,3,12H2. The first kappa shape index (κ1) is 9.97. The van der Waals surface area contributed by atoms with Crippen LogP contribution in [0.25, 0.3) is 5.65 Å². The normalized spacial score (nSPS) is 13.6. The molecule has 6 heteroatoms. The van der Waals surface area contributed by atoms with E-state index < -0.39 is 12.3 Å². The third-order valence-corrected chi connectivity index (χ3v) is 2.25. The lowest BCUT2D eigenvalue weighted by Gasteiger charge is -2.13. The summed E-state index contributed by atoms with van der Waals surface area (Å²) in [5.41, 5.74) is 6.32. The van der Waals surface area contributed by atoms with E-state index in [4.69, 9.17) is 5.73 Å². The van der Waals surface area contributed by atoms with Crippen LogP contribution in [0.3, 0.4) is 0 Å². The van der Waals surface area contributed by atoms with Crippen molar-refractivity contribution in [2.24, 2.45) is 5.73 Å². The fraction of sp³-hybridized carbons (Fsp3) is 0.333. The lowest BCUT2D eigenvalue weighted by Crippen LogP contribution is -2.20. The second-order valence-electron chi connectivity index (χ2n) is 3.20. The maximum atomic E-state index is 12.6. The minimum Gasteiger partial charge on any atom is -0.330 e. The summed E-state index contributed by atoms with van der Waals surface area (Å²) in [4.78, 5) is 4.00. The molecule has 15 heavy (non-hydrogen) atoms. The van der Waals surface area contributed by atoms with Crippen LogP contribution in [-0.4, -0.2) is 27.6 Å². The molecule has 0 saturated heterocycles. The zero-order valence-corrected chi connectivity index (χ0v) is 7.85. The monoisotopic (exact) mass is 212 g/mol. The van der Waals surface area contributed by atoms with E-state index in [1.807, 2.05) is 0 Å². The molecule has 2 aromatic rings. The van der Waals surface area contributed by atoms with Crippen molar-refractivity contribution in [3.63, 3.8) is 0 Å². The number of aromatic nitrogens is 3. The van der Waals surface area contributed by atoms with Crippen LogP contribution in [0.2, 0.25) is 0 Å². The van der Waals surface area contributed by atoms with Crippen molar-refractivity contribution < 1.29 is 8.78 Å².